The summed E-state index contributed by atoms with van der Waals surface area (Å²) in [5.41, 5.74) is 0.748. The van der Waals surface area contributed by atoms with Crippen molar-refractivity contribution in [1.82, 2.24) is 0 Å². The Morgan fingerprint density at radius 3 is 2.79 bits per heavy atom. The van der Waals surface area contributed by atoms with Crippen molar-refractivity contribution in [1.29, 1.82) is 0 Å². The summed E-state index contributed by atoms with van der Waals surface area (Å²) in [6.07, 6.45) is 0.414. The molecule has 0 spiro atoms. The third-order valence-corrected chi connectivity index (χ3v) is 1.99. The number of rotatable bonds is 5. The smallest absolute Gasteiger partial charge is 0.395 e. The maximum absolute atomic E-state index is 10.3. The third kappa shape index (κ3) is 3.15. The molecule has 0 radical (unpaired) electrons. The molecule has 0 aliphatic rings. The number of benzene rings is 1. The molecule has 1 N–H and O–H groups in total. The molecule has 0 aromatic heterocycles. The van der Waals surface area contributed by atoms with Crippen LogP contribution < -0.4 is 4.52 Å². The second-order valence-electron chi connectivity index (χ2n) is 2.67. The van der Waals surface area contributed by atoms with Crippen LogP contribution in [0.3, 0.4) is 0 Å². The van der Waals surface area contributed by atoms with Crippen molar-refractivity contribution in [2.24, 2.45) is 0 Å². The van der Waals surface area contributed by atoms with Gasteiger partial charge in [0.05, 0.1) is 0 Å². The Labute approximate surface area is 82.8 Å². The molecular formula is C9H9O4P. The Hall–Kier alpha value is -1.41. The molecular weight excluding hydrogens is 203 g/mol. The number of hydrogen-bond acceptors (Lipinski definition) is 3. The number of carboxylic acids is 1. The van der Waals surface area contributed by atoms with Crippen LogP contribution in [0.5, 0.6) is 5.75 Å². The minimum absolute atomic E-state index is 0.0378. The predicted molar refractivity (Wildman–Crippen MR) is 50.6 cm³/mol. The van der Waals surface area contributed by atoms with Gasteiger partial charge in [-0.2, -0.15) is 0 Å². The summed E-state index contributed by atoms with van der Waals surface area (Å²) in [4.78, 5) is 10.3. The molecule has 74 valence electrons. The van der Waals surface area contributed by atoms with E-state index in [1.165, 1.54) is 0 Å². The van der Waals surface area contributed by atoms with Crippen molar-refractivity contribution >= 4 is 14.7 Å². The summed E-state index contributed by atoms with van der Waals surface area (Å²) >= 11 is 0. The molecule has 0 unspecified atom stereocenters. The van der Waals surface area contributed by atoms with Crippen molar-refractivity contribution in [3.8, 4) is 5.75 Å². The monoisotopic (exact) mass is 212 g/mol. The molecule has 0 amide bonds. The van der Waals surface area contributed by atoms with Gasteiger partial charge in [-0.05, 0) is 18.1 Å². The maximum atomic E-state index is 10.3. The van der Waals surface area contributed by atoms with Gasteiger partial charge in [-0.15, -0.1) is 0 Å². The standard InChI is InChI=1S/C9H9O4P/c10-9(11)6-5-7-3-1-2-4-8(7)13-14-12/h1-4H,5-6H2,(H,10,11). The Balaban J connectivity index is 2.73. The first kappa shape index (κ1) is 10.7. The molecule has 1 rings (SSSR count). The van der Waals surface area contributed by atoms with E-state index in [-0.39, 0.29) is 6.42 Å². The van der Waals surface area contributed by atoms with Crippen molar-refractivity contribution in [2.75, 3.05) is 0 Å². The highest BCUT2D eigenvalue weighted by Crippen LogP contribution is 2.22. The molecule has 0 saturated carbocycles. The molecule has 14 heavy (non-hydrogen) atoms. The topological polar surface area (TPSA) is 63.6 Å². The second kappa shape index (κ2) is 5.35. The highest BCUT2D eigenvalue weighted by atomic mass is 31.1. The van der Waals surface area contributed by atoms with Crippen LogP contribution >= 0.6 is 8.69 Å². The average Bonchev–Trinajstić information content (AvgIpc) is 2.17. The summed E-state index contributed by atoms with van der Waals surface area (Å²) in [6.45, 7) is 0. The van der Waals surface area contributed by atoms with E-state index in [1.54, 1.807) is 24.3 Å². The summed E-state index contributed by atoms with van der Waals surface area (Å²) in [5.74, 6) is -0.398. The molecule has 1 aromatic carbocycles. The lowest BCUT2D eigenvalue weighted by Crippen LogP contribution is -1.98. The SMILES string of the molecule is O=POc1ccccc1CCC(=O)O. The maximum Gasteiger partial charge on any atom is 0.395 e. The lowest BCUT2D eigenvalue weighted by molar-refractivity contribution is -0.136. The van der Waals surface area contributed by atoms with Crippen LogP contribution in [-0.4, -0.2) is 11.1 Å². The normalized spacial score (nSPS) is 10.0. The lowest BCUT2D eigenvalue weighted by Gasteiger charge is -2.03. The Morgan fingerprint density at radius 1 is 1.43 bits per heavy atom. The Kier molecular flexibility index (Phi) is 4.08. The van der Waals surface area contributed by atoms with Gasteiger partial charge in [-0.25, -0.2) is 4.57 Å². The van der Waals surface area contributed by atoms with E-state index in [1.807, 2.05) is 0 Å². The zero-order valence-corrected chi connectivity index (χ0v) is 8.24. The number of aliphatic carboxylic acids is 1. The number of aryl methyl sites for hydroxylation is 1. The van der Waals surface area contributed by atoms with E-state index >= 15 is 0 Å². The van der Waals surface area contributed by atoms with Gasteiger partial charge in [0, 0.05) is 6.42 Å². The van der Waals surface area contributed by atoms with Crippen molar-refractivity contribution in [2.45, 2.75) is 12.8 Å². The van der Waals surface area contributed by atoms with E-state index < -0.39 is 14.7 Å². The Bertz CT molecular complexity index is 337. The molecule has 0 heterocycles. The summed E-state index contributed by atoms with van der Waals surface area (Å²) in [7, 11) is -0.431. The van der Waals surface area contributed by atoms with Crippen LogP contribution in [-0.2, 0) is 15.8 Å². The highest BCUT2D eigenvalue weighted by Gasteiger charge is 2.05. The minimum Gasteiger partial charge on any atom is -0.481 e. The zero-order chi connectivity index (χ0) is 10.4. The van der Waals surface area contributed by atoms with Crippen molar-refractivity contribution in [3.05, 3.63) is 29.8 Å². The molecule has 4 nitrogen and oxygen atoms in total. The summed E-state index contributed by atoms with van der Waals surface area (Å²) in [5, 5.41) is 8.49. The summed E-state index contributed by atoms with van der Waals surface area (Å²) < 4.78 is 15.0. The van der Waals surface area contributed by atoms with Gasteiger partial charge in [-0.3, -0.25) is 4.79 Å². The fraction of sp³-hybridized carbons (Fsp3) is 0.222. The fourth-order valence-corrected chi connectivity index (χ4v) is 1.34. The zero-order valence-electron chi connectivity index (χ0n) is 7.34. The van der Waals surface area contributed by atoms with Crippen LogP contribution in [0.1, 0.15) is 12.0 Å². The predicted octanol–water partition coefficient (Wildman–Crippen LogP) is 2.29. The van der Waals surface area contributed by atoms with Crippen LogP contribution in [0.4, 0.5) is 0 Å². The number of carboxylic acid groups (broad SMARTS) is 1. The molecule has 0 saturated heterocycles. The fourth-order valence-electron chi connectivity index (χ4n) is 1.08. The Morgan fingerprint density at radius 2 is 2.14 bits per heavy atom. The van der Waals surface area contributed by atoms with Crippen molar-refractivity contribution < 1.29 is 19.0 Å². The van der Waals surface area contributed by atoms with Gasteiger partial charge in [-0.1, -0.05) is 18.2 Å². The van der Waals surface area contributed by atoms with E-state index in [4.69, 9.17) is 9.63 Å². The van der Waals surface area contributed by atoms with Gasteiger partial charge < -0.3 is 9.63 Å². The number of hydrogen-bond donors (Lipinski definition) is 1. The van der Waals surface area contributed by atoms with Gasteiger partial charge >= 0.3 is 14.7 Å². The second-order valence-corrected chi connectivity index (χ2v) is 3.00. The first-order valence-corrected chi connectivity index (χ1v) is 4.76. The molecule has 0 bridgehead atoms. The van der Waals surface area contributed by atoms with Crippen molar-refractivity contribution in [3.63, 3.8) is 0 Å². The van der Waals surface area contributed by atoms with E-state index in [0.29, 0.717) is 12.2 Å². The highest BCUT2D eigenvalue weighted by molar-refractivity contribution is 7.17. The van der Waals surface area contributed by atoms with Crippen LogP contribution in [0.15, 0.2) is 24.3 Å². The van der Waals surface area contributed by atoms with Crippen LogP contribution in [0, 0.1) is 0 Å². The van der Waals surface area contributed by atoms with Gasteiger partial charge in [0.2, 0.25) is 0 Å². The average molecular weight is 212 g/mol. The summed E-state index contributed by atoms with van der Waals surface area (Å²) in [6, 6.07) is 6.93. The first-order chi connectivity index (χ1) is 6.74. The molecule has 0 fully saturated rings. The number of para-hydroxylation sites is 1. The molecule has 0 aliphatic heterocycles. The quantitative estimate of drug-likeness (QED) is 0.760. The molecule has 0 atom stereocenters. The van der Waals surface area contributed by atoms with E-state index in [2.05, 4.69) is 0 Å². The minimum atomic E-state index is -0.862. The van der Waals surface area contributed by atoms with Gasteiger partial charge in [0.1, 0.15) is 5.75 Å². The molecule has 0 aliphatic carbocycles. The third-order valence-electron chi connectivity index (χ3n) is 1.72. The largest absolute Gasteiger partial charge is 0.481 e. The number of carbonyl (C=O) groups is 1. The van der Waals surface area contributed by atoms with Gasteiger partial charge in [0.15, 0.2) is 0 Å². The van der Waals surface area contributed by atoms with Crippen LogP contribution in [0.2, 0.25) is 0 Å². The first-order valence-electron chi connectivity index (χ1n) is 4.03. The van der Waals surface area contributed by atoms with Crippen LogP contribution in [0.25, 0.3) is 0 Å². The molecule has 5 heteroatoms. The lowest BCUT2D eigenvalue weighted by atomic mass is 10.1. The van der Waals surface area contributed by atoms with E-state index in [0.717, 1.165) is 5.56 Å². The van der Waals surface area contributed by atoms with Gasteiger partial charge in [0.25, 0.3) is 0 Å². The molecule has 1 aromatic rings. The van der Waals surface area contributed by atoms with E-state index in [9.17, 15) is 9.36 Å².